The highest BCUT2D eigenvalue weighted by Gasteiger charge is 2.61. The van der Waals surface area contributed by atoms with Gasteiger partial charge in [-0.15, -0.1) is 0 Å². The number of nitrogens with zero attached hydrogens (tertiary/aromatic N) is 1. The maximum atomic E-state index is 13.6. The third-order valence-corrected chi connectivity index (χ3v) is 9.90. The molecule has 5 rings (SSSR count). The highest BCUT2D eigenvalue weighted by atomic mass is 16.2. The zero-order valence-electron chi connectivity index (χ0n) is 18.3. The molecule has 0 spiro atoms. The van der Waals surface area contributed by atoms with Gasteiger partial charge in [0.1, 0.15) is 0 Å². The van der Waals surface area contributed by atoms with E-state index in [2.05, 4.69) is 30.1 Å². The minimum atomic E-state index is 0.0792. The van der Waals surface area contributed by atoms with Gasteiger partial charge in [0.05, 0.1) is 0 Å². The van der Waals surface area contributed by atoms with Crippen LogP contribution in [-0.4, -0.2) is 35.8 Å². The van der Waals surface area contributed by atoms with Crippen LogP contribution in [0.5, 0.6) is 0 Å². The Morgan fingerprint density at radius 1 is 1.00 bits per heavy atom. The summed E-state index contributed by atoms with van der Waals surface area (Å²) in [6, 6.07) is 0.293. The molecule has 160 valence electrons. The molecule has 2 amide bonds. The summed E-state index contributed by atoms with van der Waals surface area (Å²) in [6.07, 6.45) is 15.9. The van der Waals surface area contributed by atoms with E-state index in [0.717, 1.165) is 25.9 Å². The van der Waals surface area contributed by atoms with Gasteiger partial charge in [0.15, 0.2) is 0 Å². The molecule has 0 aromatic heterocycles. The molecule has 0 aromatic rings. The lowest BCUT2D eigenvalue weighted by atomic mass is 9.48. The number of rotatable bonds is 1. The fourth-order valence-electron chi connectivity index (χ4n) is 8.25. The summed E-state index contributed by atoms with van der Waals surface area (Å²) in [4.78, 5) is 27.7. The fraction of sp³-hybridized carbons (Fsp3) is 0.840. The first-order valence-electron chi connectivity index (χ1n) is 12.2. The van der Waals surface area contributed by atoms with Crippen molar-refractivity contribution in [2.75, 3.05) is 13.1 Å². The second kappa shape index (κ2) is 7.13. The van der Waals surface area contributed by atoms with Gasteiger partial charge in [-0.05, 0) is 80.6 Å². The zero-order valence-corrected chi connectivity index (χ0v) is 18.3. The topological polar surface area (TPSA) is 49.4 Å². The monoisotopic (exact) mass is 398 g/mol. The Morgan fingerprint density at radius 2 is 1.76 bits per heavy atom. The van der Waals surface area contributed by atoms with Gasteiger partial charge < -0.3 is 10.2 Å². The average molecular weight is 399 g/mol. The number of amides is 2. The molecule has 4 fully saturated rings. The Hall–Kier alpha value is -1.32. The molecular formula is C25H38N2O2. The van der Waals surface area contributed by atoms with Crippen LogP contribution in [0.3, 0.4) is 0 Å². The summed E-state index contributed by atoms with van der Waals surface area (Å²) < 4.78 is 0. The van der Waals surface area contributed by atoms with Crippen LogP contribution in [0, 0.1) is 34.5 Å². The number of carbonyl (C=O) groups excluding carboxylic acids is 2. The maximum absolute atomic E-state index is 13.6. The highest BCUT2D eigenvalue weighted by molar-refractivity contribution is 5.89. The van der Waals surface area contributed by atoms with E-state index in [1.54, 1.807) is 6.08 Å². The van der Waals surface area contributed by atoms with Gasteiger partial charge in [-0.3, -0.25) is 9.59 Å². The van der Waals surface area contributed by atoms with E-state index >= 15 is 0 Å². The zero-order chi connectivity index (χ0) is 20.2. The molecule has 1 N–H and O–H groups in total. The summed E-state index contributed by atoms with van der Waals surface area (Å²) in [6.45, 7) is 6.79. The van der Waals surface area contributed by atoms with Crippen molar-refractivity contribution in [3.8, 4) is 0 Å². The molecule has 0 bridgehead atoms. The number of likely N-dealkylation sites (tertiary alicyclic amines) is 1. The van der Waals surface area contributed by atoms with E-state index in [1.165, 1.54) is 51.4 Å². The van der Waals surface area contributed by atoms with Gasteiger partial charge in [0.2, 0.25) is 11.8 Å². The third-order valence-electron chi connectivity index (χ3n) is 9.90. The molecule has 7 atom stereocenters. The van der Waals surface area contributed by atoms with Crippen LogP contribution < -0.4 is 5.32 Å². The van der Waals surface area contributed by atoms with Crippen LogP contribution in [0.15, 0.2) is 12.2 Å². The van der Waals surface area contributed by atoms with Crippen LogP contribution in [0.25, 0.3) is 0 Å². The Balaban J connectivity index is 1.37. The van der Waals surface area contributed by atoms with Gasteiger partial charge in [-0.25, -0.2) is 0 Å². The Morgan fingerprint density at radius 3 is 2.52 bits per heavy atom. The summed E-state index contributed by atoms with van der Waals surface area (Å²) in [5, 5.41) is 3.25. The van der Waals surface area contributed by atoms with E-state index in [4.69, 9.17) is 0 Å². The molecule has 4 nitrogen and oxygen atoms in total. The molecule has 3 aliphatic carbocycles. The average Bonchev–Trinajstić information content (AvgIpc) is 2.88. The molecule has 2 aliphatic heterocycles. The van der Waals surface area contributed by atoms with E-state index in [9.17, 15) is 9.59 Å². The number of fused-ring (bicyclic) bond motifs is 5. The number of hydrogen-bond acceptors (Lipinski definition) is 2. The molecule has 0 unspecified atom stereocenters. The van der Waals surface area contributed by atoms with Crippen molar-refractivity contribution in [1.29, 1.82) is 0 Å². The Bertz CT molecular complexity index is 710. The second-order valence-corrected chi connectivity index (χ2v) is 11.1. The quantitative estimate of drug-likeness (QED) is 0.716. The number of hydrogen-bond donors (Lipinski definition) is 1. The second-order valence-electron chi connectivity index (χ2n) is 11.1. The van der Waals surface area contributed by atoms with Crippen LogP contribution >= 0.6 is 0 Å². The van der Waals surface area contributed by atoms with Crippen LogP contribution in [0.2, 0.25) is 0 Å². The predicted octanol–water partition coefficient (Wildman–Crippen LogP) is 4.30. The van der Waals surface area contributed by atoms with Crippen molar-refractivity contribution >= 4 is 11.8 Å². The van der Waals surface area contributed by atoms with Crippen molar-refractivity contribution in [2.24, 2.45) is 34.5 Å². The highest BCUT2D eigenvalue weighted by Crippen LogP contribution is 2.65. The van der Waals surface area contributed by atoms with Gasteiger partial charge in [0.25, 0.3) is 0 Å². The minimum Gasteiger partial charge on any atom is -0.349 e. The van der Waals surface area contributed by atoms with Crippen molar-refractivity contribution in [1.82, 2.24) is 10.2 Å². The van der Waals surface area contributed by atoms with E-state index in [-0.39, 0.29) is 22.7 Å². The van der Waals surface area contributed by atoms with Crippen molar-refractivity contribution in [3.63, 3.8) is 0 Å². The summed E-state index contributed by atoms with van der Waals surface area (Å²) in [5.41, 5.74) is 0.264. The van der Waals surface area contributed by atoms with E-state index < -0.39 is 0 Å². The van der Waals surface area contributed by atoms with E-state index in [0.29, 0.717) is 29.7 Å². The molecule has 0 aromatic carbocycles. The standard InChI is InChI=1S/C25H38N2O2/c1-24-13-11-19-17(7-10-21-25(19,2)14-12-22(28)26-21)18(24)8-9-20(24)23(29)27-15-5-3-4-6-16-27/h12,14,17-21H,3-11,13,15-16H2,1-2H3,(H,26,28)/t17-,18-,19-,20+,21+,24-,25+/m0/s1. The first-order chi connectivity index (χ1) is 13.9. The van der Waals surface area contributed by atoms with Gasteiger partial charge in [-0.2, -0.15) is 0 Å². The van der Waals surface area contributed by atoms with Crippen molar-refractivity contribution in [3.05, 3.63) is 12.2 Å². The fourth-order valence-corrected chi connectivity index (χ4v) is 8.25. The van der Waals surface area contributed by atoms with Crippen LogP contribution in [0.1, 0.15) is 78.1 Å². The summed E-state index contributed by atoms with van der Waals surface area (Å²) >= 11 is 0. The minimum absolute atomic E-state index is 0.0792. The van der Waals surface area contributed by atoms with Crippen molar-refractivity contribution in [2.45, 2.75) is 84.1 Å². The Kier molecular flexibility index (Phi) is 4.83. The van der Waals surface area contributed by atoms with Crippen LogP contribution in [0.4, 0.5) is 0 Å². The first kappa shape index (κ1) is 19.6. The lowest BCUT2D eigenvalue weighted by Gasteiger charge is -2.58. The van der Waals surface area contributed by atoms with Gasteiger partial charge >= 0.3 is 0 Å². The largest absolute Gasteiger partial charge is 0.349 e. The molecule has 2 heterocycles. The molecule has 0 radical (unpaired) electrons. The number of carbonyl (C=O) groups is 2. The third kappa shape index (κ3) is 2.99. The maximum Gasteiger partial charge on any atom is 0.243 e. The normalized spacial score (nSPS) is 46.9. The molecule has 3 saturated carbocycles. The lowest BCUT2D eigenvalue weighted by Crippen LogP contribution is -2.59. The van der Waals surface area contributed by atoms with Crippen LogP contribution in [-0.2, 0) is 9.59 Å². The molecular weight excluding hydrogens is 360 g/mol. The SMILES string of the molecule is C[C@]12C=CC(=O)N[C@@H]1CC[C@@H]1[C@@H]2CC[C@]2(C)[C@@H](C(=O)N3CCCCCC3)CC[C@@H]12. The summed E-state index contributed by atoms with van der Waals surface area (Å²) in [5.74, 6) is 2.81. The first-order valence-corrected chi connectivity index (χ1v) is 12.2. The molecule has 5 aliphatic rings. The molecule has 1 saturated heterocycles. The number of nitrogens with one attached hydrogen (secondary N) is 1. The molecule has 29 heavy (non-hydrogen) atoms. The lowest BCUT2D eigenvalue weighted by molar-refractivity contribution is -0.143. The van der Waals surface area contributed by atoms with Gasteiger partial charge in [0, 0.05) is 30.5 Å². The smallest absolute Gasteiger partial charge is 0.243 e. The predicted molar refractivity (Wildman–Crippen MR) is 114 cm³/mol. The summed E-state index contributed by atoms with van der Waals surface area (Å²) in [7, 11) is 0. The Labute approximate surface area is 175 Å². The van der Waals surface area contributed by atoms with Gasteiger partial charge in [-0.1, -0.05) is 32.8 Å². The van der Waals surface area contributed by atoms with Crippen molar-refractivity contribution < 1.29 is 9.59 Å². The van der Waals surface area contributed by atoms with E-state index in [1.807, 2.05) is 0 Å². The molecule has 4 heteroatoms.